The van der Waals surface area contributed by atoms with E-state index in [9.17, 15) is 19.7 Å². The minimum atomic E-state index is -1.17. The smallest absolute Gasteiger partial charge is 0.340 e. The average Bonchev–Trinajstić information content (AvgIpc) is 2.56. The van der Waals surface area contributed by atoms with Crippen LogP contribution in [0.5, 0.6) is 0 Å². The molecule has 0 fully saturated rings. The Morgan fingerprint density at radius 2 is 1.84 bits per heavy atom. The van der Waals surface area contributed by atoms with Crippen LogP contribution in [0.15, 0.2) is 42.5 Å². The van der Waals surface area contributed by atoms with Crippen LogP contribution in [0.25, 0.3) is 0 Å². The Morgan fingerprint density at radius 1 is 1.16 bits per heavy atom. The van der Waals surface area contributed by atoms with Crippen molar-refractivity contribution in [1.29, 1.82) is 0 Å². The van der Waals surface area contributed by atoms with Gasteiger partial charge in [-0.15, -0.1) is 0 Å². The maximum atomic E-state index is 12.1. The largest absolute Gasteiger partial charge is 0.449 e. The summed E-state index contributed by atoms with van der Waals surface area (Å²) < 4.78 is 5.06. The molecular weight excluding hydrogens is 371 g/mol. The summed E-state index contributed by atoms with van der Waals surface area (Å²) in [5, 5.41) is 13.5. The summed E-state index contributed by atoms with van der Waals surface area (Å²) in [6.45, 7) is 1.36. The summed E-state index contributed by atoms with van der Waals surface area (Å²) >= 11 is 11.8. The summed E-state index contributed by atoms with van der Waals surface area (Å²) in [5.41, 5.74) is -0.0703. The van der Waals surface area contributed by atoms with Crippen LogP contribution in [0.1, 0.15) is 17.3 Å². The predicted molar refractivity (Wildman–Crippen MR) is 93.1 cm³/mol. The number of nitrogens with zero attached hydrogens (tertiary/aromatic N) is 1. The molecule has 0 radical (unpaired) electrons. The molecule has 1 atom stereocenters. The van der Waals surface area contributed by atoms with E-state index in [1.807, 2.05) is 0 Å². The first kappa shape index (κ1) is 18.7. The van der Waals surface area contributed by atoms with Gasteiger partial charge in [-0.1, -0.05) is 35.3 Å². The van der Waals surface area contributed by atoms with Gasteiger partial charge in [-0.05, 0) is 25.1 Å². The van der Waals surface area contributed by atoms with Gasteiger partial charge in [0.1, 0.15) is 0 Å². The van der Waals surface area contributed by atoms with E-state index in [0.29, 0.717) is 0 Å². The molecule has 0 bridgehead atoms. The molecule has 2 aromatic carbocycles. The maximum Gasteiger partial charge on any atom is 0.340 e. The second kappa shape index (κ2) is 7.96. The molecule has 0 saturated heterocycles. The lowest BCUT2D eigenvalue weighted by Crippen LogP contribution is -2.30. The monoisotopic (exact) mass is 382 g/mol. The minimum absolute atomic E-state index is 0.0431. The Hall–Kier alpha value is -2.64. The number of hydrogen-bond donors (Lipinski definition) is 1. The molecule has 0 aliphatic rings. The van der Waals surface area contributed by atoms with Gasteiger partial charge in [-0.3, -0.25) is 14.9 Å². The van der Waals surface area contributed by atoms with Gasteiger partial charge in [0.15, 0.2) is 6.10 Å². The Labute approximate surface area is 152 Å². The number of anilines is 1. The number of esters is 1. The van der Waals surface area contributed by atoms with E-state index in [2.05, 4.69) is 5.32 Å². The van der Waals surface area contributed by atoms with E-state index >= 15 is 0 Å². The molecule has 0 unspecified atom stereocenters. The first-order valence-corrected chi connectivity index (χ1v) is 7.75. The number of amides is 1. The third kappa shape index (κ3) is 4.68. The lowest BCUT2D eigenvalue weighted by atomic mass is 10.2. The number of hydrogen-bond acceptors (Lipinski definition) is 5. The molecule has 2 aromatic rings. The fourth-order valence-electron chi connectivity index (χ4n) is 1.86. The SMILES string of the molecule is C[C@@H](OC(=O)c1ccccc1Cl)C(=O)Nc1cc([N+](=O)[O-])ccc1Cl. The van der Waals surface area contributed by atoms with Crippen molar-refractivity contribution < 1.29 is 19.2 Å². The molecule has 0 heterocycles. The highest BCUT2D eigenvalue weighted by Crippen LogP contribution is 2.27. The number of nitro groups is 1. The zero-order valence-electron chi connectivity index (χ0n) is 12.9. The van der Waals surface area contributed by atoms with Crippen molar-refractivity contribution in [3.63, 3.8) is 0 Å². The van der Waals surface area contributed by atoms with Crippen LogP contribution in [0, 0.1) is 10.1 Å². The van der Waals surface area contributed by atoms with Crippen LogP contribution in [0.4, 0.5) is 11.4 Å². The summed E-state index contributed by atoms with van der Waals surface area (Å²) in [4.78, 5) is 34.4. The molecule has 0 aliphatic carbocycles. The highest BCUT2D eigenvalue weighted by molar-refractivity contribution is 6.34. The van der Waals surface area contributed by atoms with Gasteiger partial charge >= 0.3 is 5.97 Å². The number of nitrogens with one attached hydrogen (secondary N) is 1. The number of benzene rings is 2. The number of carbonyl (C=O) groups excluding carboxylic acids is 2. The highest BCUT2D eigenvalue weighted by Gasteiger charge is 2.22. The van der Waals surface area contributed by atoms with Gasteiger partial charge in [0.2, 0.25) is 0 Å². The summed E-state index contributed by atoms with van der Waals surface area (Å²) in [5.74, 6) is -1.46. The van der Waals surface area contributed by atoms with Crippen molar-refractivity contribution >= 4 is 46.5 Å². The van der Waals surface area contributed by atoms with E-state index in [1.54, 1.807) is 12.1 Å². The van der Waals surface area contributed by atoms with Crippen LogP contribution < -0.4 is 5.32 Å². The van der Waals surface area contributed by atoms with E-state index < -0.39 is 22.9 Å². The predicted octanol–water partition coefficient (Wildman–Crippen LogP) is 4.09. The first-order chi connectivity index (χ1) is 11.8. The Balaban J connectivity index is 2.08. The third-order valence-electron chi connectivity index (χ3n) is 3.17. The second-order valence-corrected chi connectivity index (χ2v) is 5.75. The molecule has 1 amide bonds. The fraction of sp³-hybridized carbons (Fsp3) is 0.125. The van der Waals surface area contributed by atoms with Crippen LogP contribution in [-0.4, -0.2) is 22.9 Å². The average molecular weight is 383 g/mol. The van der Waals surface area contributed by atoms with Gasteiger partial charge in [0.25, 0.3) is 11.6 Å². The number of non-ortho nitro benzene ring substituents is 1. The van der Waals surface area contributed by atoms with Crippen LogP contribution in [0.2, 0.25) is 10.0 Å². The van der Waals surface area contributed by atoms with Gasteiger partial charge in [-0.2, -0.15) is 0 Å². The van der Waals surface area contributed by atoms with E-state index in [4.69, 9.17) is 27.9 Å². The minimum Gasteiger partial charge on any atom is -0.449 e. The third-order valence-corrected chi connectivity index (χ3v) is 3.82. The molecule has 130 valence electrons. The Bertz CT molecular complexity index is 841. The van der Waals surface area contributed by atoms with Gasteiger partial charge in [-0.25, -0.2) is 4.79 Å². The summed E-state index contributed by atoms with van der Waals surface area (Å²) in [6, 6.07) is 9.85. The molecule has 0 aromatic heterocycles. The second-order valence-electron chi connectivity index (χ2n) is 4.94. The maximum absolute atomic E-state index is 12.1. The molecule has 7 nitrogen and oxygen atoms in total. The number of ether oxygens (including phenoxy) is 1. The fourth-order valence-corrected chi connectivity index (χ4v) is 2.24. The van der Waals surface area contributed by atoms with Crippen molar-refractivity contribution in [3.05, 3.63) is 68.2 Å². The van der Waals surface area contributed by atoms with Crippen molar-refractivity contribution in [2.75, 3.05) is 5.32 Å². The summed E-state index contributed by atoms with van der Waals surface area (Å²) in [7, 11) is 0. The number of carbonyl (C=O) groups is 2. The van der Waals surface area contributed by atoms with Crippen molar-refractivity contribution in [3.8, 4) is 0 Å². The Kier molecular flexibility index (Phi) is 5.95. The highest BCUT2D eigenvalue weighted by atomic mass is 35.5. The zero-order valence-corrected chi connectivity index (χ0v) is 14.4. The van der Waals surface area contributed by atoms with Crippen LogP contribution in [0.3, 0.4) is 0 Å². The standard InChI is InChI=1S/C16H12Cl2N2O5/c1-9(25-16(22)11-4-2-3-5-12(11)17)15(21)19-14-8-10(20(23)24)6-7-13(14)18/h2-9H,1H3,(H,19,21)/t9-/m1/s1. The molecule has 0 aliphatic heterocycles. The molecular formula is C16H12Cl2N2O5. The summed E-state index contributed by atoms with van der Waals surface area (Å²) in [6.07, 6.45) is -1.17. The van der Waals surface area contributed by atoms with Gasteiger partial charge in [0.05, 0.1) is 26.2 Å². The lowest BCUT2D eigenvalue weighted by molar-refractivity contribution is -0.384. The number of nitro benzene ring substituents is 1. The van der Waals surface area contributed by atoms with Crippen molar-refractivity contribution in [1.82, 2.24) is 0 Å². The van der Waals surface area contributed by atoms with E-state index in [0.717, 1.165) is 6.07 Å². The van der Waals surface area contributed by atoms with Crippen LogP contribution in [-0.2, 0) is 9.53 Å². The van der Waals surface area contributed by atoms with Crippen molar-refractivity contribution in [2.45, 2.75) is 13.0 Å². The lowest BCUT2D eigenvalue weighted by Gasteiger charge is -2.14. The topological polar surface area (TPSA) is 98.5 Å². The molecule has 9 heteroatoms. The number of rotatable bonds is 5. The quantitative estimate of drug-likeness (QED) is 0.477. The first-order valence-electron chi connectivity index (χ1n) is 7.00. The molecule has 0 spiro atoms. The molecule has 1 N–H and O–H groups in total. The van der Waals surface area contributed by atoms with Gasteiger partial charge in [0, 0.05) is 12.1 Å². The zero-order chi connectivity index (χ0) is 18.6. The van der Waals surface area contributed by atoms with E-state index in [-0.39, 0.29) is 27.0 Å². The van der Waals surface area contributed by atoms with Crippen LogP contribution >= 0.6 is 23.2 Å². The normalized spacial score (nSPS) is 11.5. The number of halogens is 2. The molecule has 0 saturated carbocycles. The van der Waals surface area contributed by atoms with Gasteiger partial charge < -0.3 is 10.1 Å². The van der Waals surface area contributed by atoms with E-state index in [1.165, 1.54) is 31.2 Å². The molecule has 25 heavy (non-hydrogen) atoms. The van der Waals surface area contributed by atoms with Crippen molar-refractivity contribution in [2.24, 2.45) is 0 Å². The molecule has 2 rings (SSSR count). The Morgan fingerprint density at radius 3 is 2.48 bits per heavy atom.